The summed E-state index contributed by atoms with van der Waals surface area (Å²) >= 11 is 0. The monoisotopic (exact) mass is 337 g/mol. The molecule has 3 N–H and O–H groups in total. The van der Waals surface area contributed by atoms with Crippen molar-refractivity contribution in [2.75, 3.05) is 19.7 Å². The quantitative estimate of drug-likeness (QED) is 0.617. The van der Waals surface area contributed by atoms with Crippen LogP contribution < -0.4 is 11.1 Å². The third kappa shape index (κ3) is 4.38. The number of carbonyl (C=O) groups excluding carboxylic acids is 1. The molecule has 0 aliphatic carbocycles. The third-order valence-electron chi connectivity index (χ3n) is 3.71. The summed E-state index contributed by atoms with van der Waals surface area (Å²) in [6.45, 7) is 2.98. The molecule has 1 heterocycles. The van der Waals surface area contributed by atoms with E-state index in [2.05, 4.69) is 10.3 Å². The second-order valence-corrected chi connectivity index (χ2v) is 5.32. The van der Waals surface area contributed by atoms with E-state index in [0.717, 1.165) is 6.54 Å². The van der Waals surface area contributed by atoms with E-state index < -0.39 is 12.4 Å². The molecular weight excluding hydrogens is 316 g/mol. The first-order valence-electron chi connectivity index (χ1n) is 7.80. The number of alkyl halides is 2. The maximum absolute atomic E-state index is 13.1. The van der Waals surface area contributed by atoms with Crippen LogP contribution in [0.2, 0.25) is 0 Å². The number of ether oxygens (including phenoxy) is 1. The van der Waals surface area contributed by atoms with E-state index in [-0.39, 0.29) is 24.4 Å². The maximum Gasteiger partial charge on any atom is 0.356 e. The van der Waals surface area contributed by atoms with Crippen molar-refractivity contribution in [1.29, 1.82) is 0 Å². The molecule has 0 saturated carbocycles. The van der Waals surface area contributed by atoms with Crippen LogP contribution >= 0.6 is 0 Å². The average Bonchev–Trinajstić information content (AvgIpc) is 2.57. The minimum atomic E-state index is -2.59. The highest BCUT2D eigenvalue weighted by atomic mass is 19.3. The van der Waals surface area contributed by atoms with Crippen LogP contribution in [0.3, 0.4) is 0 Å². The van der Waals surface area contributed by atoms with E-state index in [4.69, 9.17) is 10.5 Å². The number of aliphatic imine (C=N–C) groups is 1. The number of hydrogen-bond acceptors (Lipinski definition) is 5. The summed E-state index contributed by atoms with van der Waals surface area (Å²) in [5.74, 6) is -0.589. The summed E-state index contributed by atoms with van der Waals surface area (Å²) in [5.41, 5.74) is 7.53. The van der Waals surface area contributed by atoms with Crippen LogP contribution in [0.4, 0.5) is 8.78 Å². The summed E-state index contributed by atoms with van der Waals surface area (Å²) < 4.78 is 31.2. The van der Waals surface area contributed by atoms with E-state index in [1.165, 1.54) is 6.07 Å². The molecule has 7 heteroatoms. The second kappa shape index (κ2) is 8.54. The van der Waals surface area contributed by atoms with Crippen LogP contribution in [-0.2, 0) is 16.1 Å². The zero-order chi connectivity index (χ0) is 17.5. The lowest BCUT2D eigenvalue weighted by Crippen LogP contribution is -2.34. The summed E-state index contributed by atoms with van der Waals surface area (Å²) in [7, 11) is 0. The van der Waals surface area contributed by atoms with Crippen molar-refractivity contribution in [3.63, 3.8) is 0 Å². The Hall–Kier alpha value is -2.28. The SMILES string of the molecule is CCOC(=O)C(=NCc1ccccc1C(F)F)C1=C(N)CCNC1. The van der Waals surface area contributed by atoms with Gasteiger partial charge >= 0.3 is 5.97 Å². The van der Waals surface area contributed by atoms with Crippen molar-refractivity contribution < 1.29 is 18.3 Å². The Labute approximate surface area is 139 Å². The number of esters is 1. The van der Waals surface area contributed by atoms with Crippen LogP contribution in [0, 0.1) is 0 Å². The summed E-state index contributed by atoms with van der Waals surface area (Å²) in [6, 6.07) is 6.14. The predicted octanol–water partition coefficient (Wildman–Crippen LogP) is 2.33. The van der Waals surface area contributed by atoms with Crippen LogP contribution in [0.5, 0.6) is 0 Å². The Kier molecular flexibility index (Phi) is 6.43. The minimum absolute atomic E-state index is 0.0363. The van der Waals surface area contributed by atoms with Gasteiger partial charge in [-0.3, -0.25) is 4.99 Å². The Balaban J connectivity index is 2.34. The molecule has 0 unspecified atom stereocenters. The lowest BCUT2D eigenvalue weighted by Gasteiger charge is -2.19. The lowest BCUT2D eigenvalue weighted by molar-refractivity contribution is -0.135. The van der Waals surface area contributed by atoms with Gasteiger partial charge in [0.15, 0.2) is 0 Å². The first-order chi connectivity index (χ1) is 11.5. The zero-order valence-electron chi connectivity index (χ0n) is 13.5. The molecule has 2 rings (SSSR count). The minimum Gasteiger partial charge on any atom is -0.461 e. The fraction of sp³-hybridized carbons (Fsp3) is 0.412. The summed E-state index contributed by atoms with van der Waals surface area (Å²) in [4.78, 5) is 16.5. The highest BCUT2D eigenvalue weighted by Crippen LogP contribution is 2.23. The molecule has 5 nitrogen and oxygen atoms in total. The smallest absolute Gasteiger partial charge is 0.356 e. The molecule has 1 aromatic rings. The van der Waals surface area contributed by atoms with Gasteiger partial charge in [0, 0.05) is 29.9 Å². The van der Waals surface area contributed by atoms with Crippen LogP contribution in [0.25, 0.3) is 0 Å². The normalized spacial score (nSPS) is 15.8. The average molecular weight is 337 g/mol. The molecule has 0 fully saturated rings. The molecule has 0 atom stereocenters. The van der Waals surface area contributed by atoms with Crippen LogP contribution in [0.1, 0.15) is 30.9 Å². The summed E-state index contributed by atoms with van der Waals surface area (Å²) in [6.07, 6.45) is -2.00. The Morgan fingerprint density at radius 2 is 2.17 bits per heavy atom. The van der Waals surface area contributed by atoms with Crippen molar-refractivity contribution in [1.82, 2.24) is 5.32 Å². The molecule has 24 heavy (non-hydrogen) atoms. The van der Waals surface area contributed by atoms with E-state index in [1.54, 1.807) is 25.1 Å². The molecule has 0 spiro atoms. The number of nitrogens with two attached hydrogens (primary N) is 1. The van der Waals surface area contributed by atoms with Gasteiger partial charge in [0.05, 0.1) is 13.2 Å². The van der Waals surface area contributed by atoms with Crippen LogP contribution in [-0.4, -0.2) is 31.4 Å². The van der Waals surface area contributed by atoms with Gasteiger partial charge in [-0.05, 0) is 18.9 Å². The number of benzene rings is 1. The molecule has 130 valence electrons. The number of halogens is 2. The van der Waals surface area contributed by atoms with Gasteiger partial charge in [0.2, 0.25) is 0 Å². The number of nitrogens with zero attached hydrogens (tertiary/aromatic N) is 1. The number of hydrogen-bond donors (Lipinski definition) is 2. The van der Waals surface area contributed by atoms with E-state index in [1.807, 2.05) is 0 Å². The van der Waals surface area contributed by atoms with Crippen LogP contribution in [0.15, 0.2) is 40.5 Å². The van der Waals surface area contributed by atoms with Gasteiger partial charge < -0.3 is 15.8 Å². The van der Waals surface area contributed by atoms with Crippen molar-refractivity contribution in [3.05, 3.63) is 46.7 Å². The Morgan fingerprint density at radius 3 is 2.83 bits per heavy atom. The molecule has 1 aliphatic heterocycles. The van der Waals surface area contributed by atoms with Gasteiger partial charge in [0.25, 0.3) is 6.43 Å². The second-order valence-electron chi connectivity index (χ2n) is 5.32. The van der Waals surface area contributed by atoms with Crippen molar-refractivity contribution in [2.45, 2.75) is 26.3 Å². The first kappa shape index (κ1) is 18.1. The largest absolute Gasteiger partial charge is 0.461 e. The highest BCUT2D eigenvalue weighted by Gasteiger charge is 2.23. The van der Waals surface area contributed by atoms with Gasteiger partial charge in [-0.25, -0.2) is 13.6 Å². The topological polar surface area (TPSA) is 76.7 Å². The first-order valence-corrected chi connectivity index (χ1v) is 7.80. The van der Waals surface area contributed by atoms with Crippen molar-refractivity contribution >= 4 is 11.7 Å². The Morgan fingerprint density at radius 1 is 1.42 bits per heavy atom. The van der Waals surface area contributed by atoms with Gasteiger partial charge in [-0.2, -0.15) is 0 Å². The van der Waals surface area contributed by atoms with E-state index in [9.17, 15) is 13.6 Å². The molecule has 0 saturated heterocycles. The highest BCUT2D eigenvalue weighted by molar-refractivity contribution is 6.43. The van der Waals surface area contributed by atoms with Crippen molar-refractivity contribution in [3.8, 4) is 0 Å². The zero-order valence-corrected chi connectivity index (χ0v) is 13.5. The fourth-order valence-corrected chi connectivity index (χ4v) is 2.47. The molecule has 0 radical (unpaired) electrons. The predicted molar refractivity (Wildman–Crippen MR) is 87.9 cm³/mol. The Bertz CT molecular complexity index is 657. The molecule has 0 amide bonds. The molecule has 0 bridgehead atoms. The molecule has 1 aromatic carbocycles. The summed E-state index contributed by atoms with van der Waals surface area (Å²) in [5, 5.41) is 3.12. The van der Waals surface area contributed by atoms with Crippen molar-refractivity contribution in [2.24, 2.45) is 10.7 Å². The maximum atomic E-state index is 13.1. The standard InChI is InChI=1S/C17H21F2N3O2/c1-2-24-17(23)15(13-10-21-8-7-14(13)20)22-9-11-5-3-4-6-12(11)16(18)19/h3-6,16,21H,2,7-10,20H2,1H3. The fourth-order valence-electron chi connectivity index (χ4n) is 2.47. The third-order valence-corrected chi connectivity index (χ3v) is 3.71. The molecule has 1 aliphatic rings. The molecule has 0 aromatic heterocycles. The van der Waals surface area contributed by atoms with Gasteiger partial charge in [-0.15, -0.1) is 0 Å². The molecular formula is C17H21F2N3O2. The van der Waals surface area contributed by atoms with Gasteiger partial charge in [-0.1, -0.05) is 24.3 Å². The van der Waals surface area contributed by atoms with E-state index >= 15 is 0 Å². The van der Waals surface area contributed by atoms with E-state index in [0.29, 0.717) is 29.8 Å². The number of nitrogens with one attached hydrogen (secondary N) is 1. The number of carbonyl (C=O) groups is 1. The lowest BCUT2D eigenvalue weighted by atomic mass is 10.0. The van der Waals surface area contributed by atoms with Gasteiger partial charge in [0.1, 0.15) is 5.71 Å². The number of rotatable bonds is 6.